The molecule has 2 aromatic carbocycles. The van der Waals surface area contributed by atoms with Crippen LogP contribution in [0.25, 0.3) is 0 Å². The highest BCUT2D eigenvalue weighted by molar-refractivity contribution is 9.10. The van der Waals surface area contributed by atoms with Crippen molar-refractivity contribution in [2.24, 2.45) is 0 Å². The third-order valence-electron chi connectivity index (χ3n) is 3.20. The van der Waals surface area contributed by atoms with Crippen molar-refractivity contribution in [2.45, 2.75) is 6.42 Å². The number of hydrogen-bond donors (Lipinski definition) is 0. The summed E-state index contributed by atoms with van der Waals surface area (Å²) in [5, 5.41) is 11.2. The first kappa shape index (κ1) is 16.3. The second kappa shape index (κ2) is 7.26. The van der Waals surface area contributed by atoms with E-state index in [0.717, 1.165) is 10.0 Å². The number of halogens is 1. The lowest BCUT2D eigenvalue weighted by Crippen LogP contribution is -1.99. The first-order valence-corrected chi connectivity index (χ1v) is 7.32. The van der Waals surface area contributed by atoms with Gasteiger partial charge in [-0.05, 0) is 30.2 Å². The van der Waals surface area contributed by atoms with E-state index < -0.39 is 4.92 Å². The lowest BCUT2D eigenvalue weighted by atomic mass is 10.0. The van der Waals surface area contributed by atoms with Crippen LogP contribution in [-0.4, -0.2) is 19.1 Å². The van der Waals surface area contributed by atoms with Crippen LogP contribution in [-0.2, 0) is 6.42 Å². The van der Waals surface area contributed by atoms with Gasteiger partial charge < -0.3 is 9.47 Å². The van der Waals surface area contributed by atoms with Gasteiger partial charge in [0.2, 0.25) is 0 Å². The molecule has 0 unspecified atom stereocenters. The van der Waals surface area contributed by atoms with Gasteiger partial charge in [-0.15, -0.1) is 0 Å². The van der Waals surface area contributed by atoms with E-state index >= 15 is 0 Å². The minimum Gasteiger partial charge on any atom is -0.493 e. The van der Waals surface area contributed by atoms with Crippen molar-refractivity contribution in [3.63, 3.8) is 0 Å². The van der Waals surface area contributed by atoms with E-state index in [2.05, 4.69) is 15.9 Å². The maximum absolute atomic E-state index is 11.2. The molecule has 0 N–H and O–H groups in total. The minimum atomic E-state index is -0.421. The number of methoxy groups -OCH3 is 2. The summed E-state index contributed by atoms with van der Waals surface area (Å²) in [6.07, 6.45) is 2.40. The molecule has 0 aromatic heterocycles. The highest BCUT2D eigenvalue weighted by atomic mass is 79.9. The monoisotopic (exact) mass is 364 g/mol. The summed E-state index contributed by atoms with van der Waals surface area (Å²) in [7, 11) is 2.95. The van der Waals surface area contributed by atoms with E-state index in [1.807, 2.05) is 30.7 Å². The Morgan fingerprint density at radius 3 is 2.27 bits per heavy atom. The molecule has 6 heteroatoms. The molecule has 0 aliphatic carbocycles. The number of hydrogen-bond acceptors (Lipinski definition) is 4. The van der Waals surface area contributed by atoms with Crippen LogP contribution in [0.3, 0.4) is 0 Å². The van der Waals surface area contributed by atoms with E-state index in [9.17, 15) is 10.1 Å². The molecule has 2 aromatic rings. The molecule has 0 amide bonds. The van der Waals surface area contributed by atoms with Crippen LogP contribution in [0.5, 0.6) is 11.5 Å². The lowest BCUT2D eigenvalue weighted by Gasteiger charge is -2.10. The Morgan fingerprint density at radius 2 is 1.73 bits per heavy atom. The van der Waals surface area contributed by atoms with Crippen molar-refractivity contribution in [3.05, 3.63) is 68.5 Å². The molecule has 0 atom stereocenters. The highest BCUT2D eigenvalue weighted by Crippen LogP contribution is 2.35. The molecule has 0 bridgehead atoms. The summed E-state index contributed by atoms with van der Waals surface area (Å²) in [4.78, 5) is 10.8. The normalized spacial score (nSPS) is 10.3. The van der Waals surface area contributed by atoms with Crippen LogP contribution in [0, 0.1) is 16.5 Å². The smallest absolute Gasteiger partial charge is 0.276 e. The van der Waals surface area contributed by atoms with Crippen LogP contribution in [0.2, 0.25) is 0 Å². The Balaban J connectivity index is 2.28. The van der Waals surface area contributed by atoms with Crippen molar-refractivity contribution in [3.8, 4) is 11.5 Å². The Labute approximate surface area is 137 Å². The van der Waals surface area contributed by atoms with Crippen LogP contribution in [0.4, 0.5) is 5.69 Å². The third kappa shape index (κ3) is 3.76. The summed E-state index contributed by atoms with van der Waals surface area (Å²) in [6.45, 7) is 0. The quantitative estimate of drug-likeness (QED) is 0.569. The third-order valence-corrected chi connectivity index (χ3v) is 3.73. The van der Waals surface area contributed by atoms with E-state index in [4.69, 9.17) is 9.47 Å². The molecule has 5 nitrogen and oxygen atoms in total. The zero-order chi connectivity index (χ0) is 16.1. The average Bonchev–Trinajstić information content (AvgIpc) is 2.53. The van der Waals surface area contributed by atoms with Gasteiger partial charge in [0.25, 0.3) is 5.69 Å². The van der Waals surface area contributed by atoms with Crippen LogP contribution in [0.15, 0.2) is 40.9 Å². The molecule has 115 valence electrons. The Bertz CT molecular complexity index is 671. The fourth-order valence-corrected chi connectivity index (χ4v) is 2.32. The van der Waals surface area contributed by atoms with Gasteiger partial charge in [-0.2, -0.15) is 0 Å². The first-order chi connectivity index (χ1) is 10.5. The molecule has 1 radical (unpaired) electrons. The van der Waals surface area contributed by atoms with E-state index in [1.165, 1.54) is 20.3 Å². The summed E-state index contributed by atoms with van der Waals surface area (Å²) in [6, 6.07) is 10.8. The Kier molecular flexibility index (Phi) is 5.38. The lowest BCUT2D eigenvalue weighted by molar-refractivity contribution is -0.385. The zero-order valence-electron chi connectivity index (χ0n) is 12.2. The molecule has 0 aliphatic rings. The van der Waals surface area contributed by atoms with Crippen molar-refractivity contribution in [1.29, 1.82) is 0 Å². The molecular formula is C16H15BrNO4. The summed E-state index contributed by atoms with van der Waals surface area (Å²) >= 11 is 3.38. The Hall–Kier alpha value is -2.08. The summed E-state index contributed by atoms with van der Waals surface area (Å²) in [5.41, 5.74) is 1.56. The number of nitrogens with zero attached hydrogens (tertiary/aromatic N) is 1. The molecule has 0 saturated heterocycles. The largest absolute Gasteiger partial charge is 0.493 e. The maximum Gasteiger partial charge on any atom is 0.276 e. The van der Waals surface area contributed by atoms with E-state index in [1.54, 1.807) is 6.07 Å². The van der Waals surface area contributed by atoms with Crippen LogP contribution < -0.4 is 9.47 Å². The van der Waals surface area contributed by atoms with Crippen molar-refractivity contribution < 1.29 is 14.4 Å². The molecular weight excluding hydrogens is 350 g/mol. The average molecular weight is 365 g/mol. The molecule has 2 rings (SSSR count). The van der Waals surface area contributed by atoms with Gasteiger partial charge in [0.15, 0.2) is 11.5 Å². The summed E-state index contributed by atoms with van der Waals surface area (Å²) < 4.78 is 11.3. The topological polar surface area (TPSA) is 61.6 Å². The predicted molar refractivity (Wildman–Crippen MR) is 87.4 cm³/mol. The number of nitro benzene ring substituents is 1. The second-order valence-electron chi connectivity index (χ2n) is 4.56. The number of benzene rings is 2. The van der Waals surface area contributed by atoms with Crippen LogP contribution >= 0.6 is 15.9 Å². The van der Waals surface area contributed by atoms with Gasteiger partial charge in [-0.1, -0.05) is 28.1 Å². The number of rotatable bonds is 6. The van der Waals surface area contributed by atoms with Crippen molar-refractivity contribution >= 4 is 21.6 Å². The number of ether oxygens (including phenoxy) is 2. The Morgan fingerprint density at radius 1 is 1.14 bits per heavy atom. The zero-order valence-corrected chi connectivity index (χ0v) is 13.8. The SMILES string of the molecule is COc1cc([CH]Cc2ccc(Br)cc2)c([N+](=O)[O-])cc1OC. The molecule has 0 saturated carbocycles. The predicted octanol–water partition coefficient (Wildman–Crippen LogP) is 4.17. The fourth-order valence-electron chi connectivity index (χ4n) is 2.05. The van der Waals surface area contributed by atoms with Crippen LogP contribution in [0.1, 0.15) is 11.1 Å². The van der Waals surface area contributed by atoms with Gasteiger partial charge in [-0.25, -0.2) is 0 Å². The van der Waals surface area contributed by atoms with Gasteiger partial charge >= 0.3 is 0 Å². The standard InChI is InChI=1S/C16H15BrNO4/c1-21-15-9-12(14(18(19)20)10-16(15)22-2)6-3-11-4-7-13(17)8-5-11/h4-10H,3H2,1-2H3. The minimum absolute atomic E-state index is 0.00485. The fraction of sp³-hybridized carbons (Fsp3) is 0.188. The van der Waals surface area contributed by atoms with Gasteiger partial charge in [0, 0.05) is 16.5 Å². The first-order valence-electron chi connectivity index (χ1n) is 6.53. The number of nitro groups is 1. The molecule has 0 heterocycles. The molecule has 0 spiro atoms. The van der Waals surface area contributed by atoms with E-state index in [0.29, 0.717) is 23.5 Å². The van der Waals surface area contributed by atoms with Crippen molar-refractivity contribution in [1.82, 2.24) is 0 Å². The molecule has 0 aliphatic heterocycles. The molecule has 22 heavy (non-hydrogen) atoms. The summed E-state index contributed by atoms with van der Waals surface area (Å²) in [5.74, 6) is 0.810. The highest BCUT2D eigenvalue weighted by Gasteiger charge is 2.19. The van der Waals surface area contributed by atoms with Gasteiger partial charge in [0.05, 0.1) is 25.2 Å². The molecule has 0 fully saturated rings. The van der Waals surface area contributed by atoms with Gasteiger partial charge in [0.1, 0.15) is 0 Å². The van der Waals surface area contributed by atoms with E-state index in [-0.39, 0.29) is 5.69 Å². The maximum atomic E-state index is 11.2. The van der Waals surface area contributed by atoms with Gasteiger partial charge in [-0.3, -0.25) is 10.1 Å². The second-order valence-corrected chi connectivity index (χ2v) is 5.47. The van der Waals surface area contributed by atoms with Crippen molar-refractivity contribution in [2.75, 3.05) is 14.2 Å².